The molecule has 1 aliphatic rings. The molecule has 1 aromatic heterocycles. The fraction of sp³-hybridized carbons (Fsp3) is 0.438. The van der Waals surface area contributed by atoms with E-state index in [0.29, 0.717) is 6.61 Å². The first-order chi connectivity index (χ1) is 9.69. The Morgan fingerprint density at radius 3 is 3.10 bits per heavy atom. The highest BCUT2D eigenvalue weighted by molar-refractivity contribution is 5.44. The van der Waals surface area contributed by atoms with Crippen molar-refractivity contribution in [3.8, 4) is 5.75 Å². The van der Waals surface area contributed by atoms with E-state index in [4.69, 9.17) is 10.5 Å². The van der Waals surface area contributed by atoms with Crippen LogP contribution in [0.1, 0.15) is 41.9 Å². The van der Waals surface area contributed by atoms with E-state index in [-0.39, 0.29) is 6.04 Å². The van der Waals surface area contributed by atoms with Crippen LogP contribution in [0.3, 0.4) is 0 Å². The zero-order valence-electron chi connectivity index (χ0n) is 12.1. The Labute approximate surface area is 119 Å². The number of nitrogens with zero attached hydrogens (tertiary/aromatic N) is 2. The Morgan fingerprint density at radius 1 is 1.45 bits per heavy atom. The highest BCUT2D eigenvalue weighted by Crippen LogP contribution is 2.35. The van der Waals surface area contributed by atoms with Gasteiger partial charge in [0.15, 0.2) is 0 Å². The lowest BCUT2D eigenvalue weighted by Gasteiger charge is -2.12. The molecule has 2 aromatic rings. The largest absolute Gasteiger partial charge is 0.487 e. The molecule has 1 heterocycles. The van der Waals surface area contributed by atoms with E-state index in [1.54, 1.807) is 0 Å². The smallest absolute Gasteiger partial charge is 0.130 e. The van der Waals surface area contributed by atoms with Gasteiger partial charge in [-0.1, -0.05) is 12.1 Å². The van der Waals surface area contributed by atoms with Crippen LogP contribution in [-0.4, -0.2) is 9.78 Å². The molecule has 0 spiro atoms. The molecule has 0 saturated heterocycles. The van der Waals surface area contributed by atoms with Gasteiger partial charge in [0, 0.05) is 12.6 Å². The van der Waals surface area contributed by atoms with Crippen molar-refractivity contribution in [3.63, 3.8) is 0 Å². The van der Waals surface area contributed by atoms with Crippen LogP contribution in [0.2, 0.25) is 0 Å². The molecule has 106 valence electrons. The lowest BCUT2D eigenvalue weighted by molar-refractivity contribution is 0.290. The number of fused-ring (bicyclic) bond motifs is 1. The summed E-state index contributed by atoms with van der Waals surface area (Å²) >= 11 is 0. The molecule has 0 bridgehead atoms. The van der Waals surface area contributed by atoms with Crippen LogP contribution in [0, 0.1) is 6.92 Å². The summed E-state index contributed by atoms with van der Waals surface area (Å²) in [6, 6.07) is 8.42. The maximum atomic E-state index is 6.10. The Balaban J connectivity index is 1.79. The van der Waals surface area contributed by atoms with Gasteiger partial charge in [-0.25, -0.2) is 0 Å². The van der Waals surface area contributed by atoms with Gasteiger partial charge in [0.2, 0.25) is 0 Å². The average molecular weight is 271 g/mol. The number of hydrogen-bond donors (Lipinski definition) is 1. The monoisotopic (exact) mass is 271 g/mol. The summed E-state index contributed by atoms with van der Waals surface area (Å²) in [5.41, 5.74) is 10.8. The van der Waals surface area contributed by atoms with Gasteiger partial charge in [-0.3, -0.25) is 4.68 Å². The fourth-order valence-corrected chi connectivity index (χ4v) is 2.93. The van der Waals surface area contributed by atoms with E-state index in [9.17, 15) is 0 Å². The summed E-state index contributed by atoms with van der Waals surface area (Å²) in [4.78, 5) is 0. The van der Waals surface area contributed by atoms with E-state index >= 15 is 0 Å². The van der Waals surface area contributed by atoms with Crippen molar-refractivity contribution in [3.05, 3.63) is 46.8 Å². The van der Waals surface area contributed by atoms with Gasteiger partial charge in [0.25, 0.3) is 0 Å². The van der Waals surface area contributed by atoms with Gasteiger partial charge in [0.05, 0.1) is 11.4 Å². The molecule has 0 fully saturated rings. The maximum absolute atomic E-state index is 6.10. The third-order valence-electron chi connectivity index (χ3n) is 3.93. The Hall–Kier alpha value is -1.81. The standard InChI is InChI=1S/C16H21N3O/c1-3-19-12(9-11(2)18-19)10-20-16-6-4-5-13-14(16)7-8-15(13)17/h4-6,9,15H,3,7-8,10,17H2,1-2H3. The van der Waals surface area contributed by atoms with Crippen LogP contribution in [0.5, 0.6) is 5.75 Å². The second-order valence-electron chi connectivity index (χ2n) is 5.35. The van der Waals surface area contributed by atoms with Crippen LogP contribution in [0.25, 0.3) is 0 Å². The second kappa shape index (κ2) is 5.29. The number of ether oxygens (including phenoxy) is 1. The van der Waals surface area contributed by atoms with Crippen LogP contribution >= 0.6 is 0 Å². The van der Waals surface area contributed by atoms with Gasteiger partial charge in [-0.2, -0.15) is 5.10 Å². The summed E-state index contributed by atoms with van der Waals surface area (Å²) in [5.74, 6) is 0.969. The van der Waals surface area contributed by atoms with Crippen molar-refractivity contribution in [1.82, 2.24) is 9.78 Å². The molecule has 4 nitrogen and oxygen atoms in total. The van der Waals surface area contributed by atoms with E-state index in [2.05, 4.69) is 24.2 Å². The number of aryl methyl sites for hydroxylation is 2. The Bertz CT molecular complexity index is 618. The van der Waals surface area contributed by atoms with E-state index in [1.165, 1.54) is 11.1 Å². The minimum atomic E-state index is 0.164. The normalized spacial score (nSPS) is 17.2. The van der Waals surface area contributed by atoms with Crippen molar-refractivity contribution in [1.29, 1.82) is 0 Å². The first kappa shape index (κ1) is 13.2. The summed E-state index contributed by atoms with van der Waals surface area (Å²) in [5, 5.41) is 4.44. The van der Waals surface area contributed by atoms with Crippen molar-refractivity contribution < 1.29 is 4.74 Å². The number of rotatable bonds is 4. The molecule has 4 heteroatoms. The van der Waals surface area contributed by atoms with E-state index < -0.39 is 0 Å². The minimum Gasteiger partial charge on any atom is -0.487 e. The van der Waals surface area contributed by atoms with Crippen molar-refractivity contribution >= 4 is 0 Å². The number of hydrogen-bond acceptors (Lipinski definition) is 3. The zero-order valence-corrected chi connectivity index (χ0v) is 12.1. The summed E-state index contributed by atoms with van der Waals surface area (Å²) in [7, 11) is 0. The van der Waals surface area contributed by atoms with Crippen LogP contribution in [-0.2, 0) is 19.6 Å². The Morgan fingerprint density at radius 2 is 2.30 bits per heavy atom. The summed E-state index contributed by atoms with van der Waals surface area (Å²) in [6.45, 7) is 5.52. The third kappa shape index (κ3) is 2.31. The number of benzene rings is 1. The van der Waals surface area contributed by atoms with E-state index in [0.717, 1.165) is 36.5 Å². The predicted octanol–water partition coefficient (Wildman–Crippen LogP) is 2.74. The molecule has 1 aromatic carbocycles. The van der Waals surface area contributed by atoms with Crippen LogP contribution < -0.4 is 10.5 Å². The summed E-state index contributed by atoms with van der Waals surface area (Å²) < 4.78 is 8.01. The molecule has 0 aliphatic heterocycles. The van der Waals surface area contributed by atoms with Crippen molar-refractivity contribution in [2.24, 2.45) is 5.73 Å². The first-order valence-corrected chi connectivity index (χ1v) is 7.22. The molecule has 1 aliphatic carbocycles. The van der Waals surface area contributed by atoms with Crippen LogP contribution in [0.15, 0.2) is 24.3 Å². The fourth-order valence-electron chi connectivity index (χ4n) is 2.93. The molecule has 2 N–H and O–H groups in total. The lowest BCUT2D eigenvalue weighted by atomic mass is 10.1. The van der Waals surface area contributed by atoms with Crippen molar-refractivity contribution in [2.75, 3.05) is 0 Å². The predicted molar refractivity (Wildman–Crippen MR) is 78.7 cm³/mol. The van der Waals surface area contributed by atoms with E-state index in [1.807, 2.05) is 23.7 Å². The van der Waals surface area contributed by atoms with Crippen molar-refractivity contribution in [2.45, 2.75) is 45.9 Å². The second-order valence-corrected chi connectivity index (χ2v) is 5.35. The lowest BCUT2D eigenvalue weighted by Crippen LogP contribution is -2.07. The third-order valence-corrected chi connectivity index (χ3v) is 3.93. The highest BCUT2D eigenvalue weighted by Gasteiger charge is 2.22. The highest BCUT2D eigenvalue weighted by atomic mass is 16.5. The zero-order chi connectivity index (χ0) is 14.1. The van der Waals surface area contributed by atoms with Gasteiger partial charge in [0.1, 0.15) is 12.4 Å². The van der Waals surface area contributed by atoms with Gasteiger partial charge in [-0.15, -0.1) is 0 Å². The SMILES string of the molecule is CCn1nc(C)cc1COc1cccc2c1CCC2N. The minimum absolute atomic E-state index is 0.164. The first-order valence-electron chi connectivity index (χ1n) is 7.22. The molecule has 1 unspecified atom stereocenters. The molecular formula is C16H21N3O. The molecule has 0 amide bonds. The molecule has 0 saturated carbocycles. The Kier molecular flexibility index (Phi) is 3.49. The molecule has 0 radical (unpaired) electrons. The molecule has 3 rings (SSSR count). The van der Waals surface area contributed by atoms with Gasteiger partial charge < -0.3 is 10.5 Å². The summed E-state index contributed by atoms with van der Waals surface area (Å²) in [6.07, 6.45) is 2.03. The quantitative estimate of drug-likeness (QED) is 0.930. The molecular weight excluding hydrogens is 250 g/mol. The average Bonchev–Trinajstić information content (AvgIpc) is 3.00. The number of nitrogens with two attached hydrogens (primary N) is 1. The van der Waals surface area contributed by atoms with Gasteiger partial charge >= 0.3 is 0 Å². The topological polar surface area (TPSA) is 53.1 Å². The van der Waals surface area contributed by atoms with Crippen LogP contribution in [0.4, 0.5) is 0 Å². The number of aromatic nitrogens is 2. The maximum Gasteiger partial charge on any atom is 0.130 e. The molecule has 20 heavy (non-hydrogen) atoms. The van der Waals surface area contributed by atoms with Gasteiger partial charge in [-0.05, 0) is 49.9 Å². The molecule has 1 atom stereocenters.